The molecule has 1 aromatic carbocycles. The molecule has 11 atom stereocenters. The predicted octanol–water partition coefficient (Wildman–Crippen LogP) is 7.19. The zero-order valence-electron chi connectivity index (χ0n) is 26.1. The number of ether oxygens (including phenoxy) is 1. The molecule has 8 bridgehead atoms. The first-order chi connectivity index (χ1) is 20.8. The molecule has 9 aliphatic rings. The largest absolute Gasteiger partial charge is 0.508 e. The highest BCUT2D eigenvalue weighted by molar-refractivity contribution is 5.50. The number of phenolic OH excluding ortho intramolecular Hbond substituents is 1. The fraction of sp³-hybridized carbons (Fsp3) is 0.744. The molecule has 2 spiro atoms. The third-order valence-electron chi connectivity index (χ3n) is 15.1. The van der Waals surface area contributed by atoms with Crippen molar-refractivity contribution < 1.29 is 14.9 Å². The second-order valence-corrected chi connectivity index (χ2v) is 16.9. The van der Waals surface area contributed by atoms with Crippen molar-refractivity contribution in [1.29, 1.82) is 0 Å². The minimum absolute atomic E-state index is 0.0500. The van der Waals surface area contributed by atoms with E-state index in [1.54, 1.807) is 0 Å². The van der Waals surface area contributed by atoms with Gasteiger partial charge in [0.2, 0.25) is 0 Å². The Morgan fingerprint density at radius 1 is 0.907 bits per heavy atom. The van der Waals surface area contributed by atoms with Crippen molar-refractivity contribution in [3.8, 4) is 17.6 Å². The van der Waals surface area contributed by atoms with Crippen LogP contribution in [0.5, 0.6) is 5.75 Å². The molecular formula is C39H51NO3. The lowest BCUT2D eigenvalue weighted by atomic mass is 9.39. The van der Waals surface area contributed by atoms with Gasteiger partial charge in [0.05, 0.1) is 23.0 Å². The summed E-state index contributed by atoms with van der Waals surface area (Å²) in [5.74, 6) is 10.7. The Kier molecular flexibility index (Phi) is 5.99. The Bertz CT molecular complexity index is 1390. The predicted molar refractivity (Wildman–Crippen MR) is 168 cm³/mol. The van der Waals surface area contributed by atoms with Crippen LogP contribution in [0.4, 0.5) is 0 Å². The Morgan fingerprint density at radius 3 is 2.51 bits per heavy atom. The Balaban J connectivity index is 1.29. The number of aromatic hydroxyl groups is 1. The van der Waals surface area contributed by atoms with Gasteiger partial charge >= 0.3 is 0 Å². The number of aliphatic hydroxyl groups excluding tert-OH is 1. The number of benzene rings is 1. The van der Waals surface area contributed by atoms with E-state index >= 15 is 0 Å². The number of rotatable bonds is 2. The summed E-state index contributed by atoms with van der Waals surface area (Å²) >= 11 is 0. The maximum atomic E-state index is 11.0. The van der Waals surface area contributed by atoms with E-state index in [1.165, 1.54) is 81.8 Å². The fourth-order valence-electron chi connectivity index (χ4n) is 13.6. The number of hydrogen-bond donors (Lipinski definition) is 3. The maximum absolute atomic E-state index is 11.0. The first-order valence-electron chi connectivity index (χ1n) is 17.9. The van der Waals surface area contributed by atoms with E-state index in [-0.39, 0.29) is 41.5 Å². The summed E-state index contributed by atoms with van der Waals surface area (Å²) in [6.45, 7) is 2.61. The first-order valence-corrected chi connectivity index (χ1v) is 17.9. The zero-order chi connectivity index (χ0) is 29.2. The third-order valence-corrected chi connectivity index (χ3v) is 15.1. The number of aliphatic hydroxyl groups is 1. The van der Waals surface area contributed by atoms with Crippen LogP contribution in [0.15, 0.2) is 30.4 Å². The van der Waals surface area contributed by atoms with Crippen LogP contribution < -0.4 is 5.73 Å². The highest BCUT2D eigenvalue weighted by Gasteiger charge is 2.76. The van der Waals surface area contributed by atoms with Crippen LogP contribution in [0.2, 0.25) is 0 Å². The van der Waals surface area contributed by atoms with Gasteiger partial charge in [0.25, 0.3) is 0 Å². The van der Waals surface area contributed by atoms with Crippen LogP contribution in [0, 0.1) is 58.7 Å². The second-order valence-electron chi connectivity index (χ2n) is 16.9. The lowest BCUT2D eigenvalue weighted by Gasteiger charge is -2.75. The second kappa shape index (κ2) is 9.37. The van der Waals surface area contributed by atoms with Gasteiger partial charge in [-0.2, -0.15) is 0 Å². The molecule has 4 N–H and O–H groups in total. The third kappa shape index (κ3) is 3.63. The SMILES string of the molecule is C[C@]1(C2CCCC2)O[C@@]23C[C@@H]4CC[C@@H](CO)[C@](N)([C@@H]2C#C[C@@H]2C=C[C@H](c5ccc(O)cc52)[C@@H]2C[C@@H]3CC3(CCCC3)C2)[C@@H]41. The molecule has 43 heavy (non-hydrogen) atoms. The van der Waals surface area contributed by atoms with Gasteiger partial charge in [0.15, 0.2) is 0 Å². The summed E-state index contributed by atoms with van der Waals surface area (Å²) in [7, 11) is 0. The maximum Gasteiger partial charge on any atom is 0.115 e. The van der Waals surface area contributed by atoms with Crippen LogP contribution in [0.25, 0.3) is 0 Å². The number of phenols is 1. The normalized spacial score (nSPS) is 48.8. The molecule has 0 amide bonds. The monoisotopic (exact) mass is 581 g/mol. The smallest absolute Gasteiger partial charge is 0.115 e. The summed E-state index contributed by atoms with van der Waals surface area (Å²) in [6.07, 6.45) is 22.3. The van der Waals surface area contributed by atoms with Crippen LogP contribution in [0.3, 0.4) is 0 Å². The summed E-state index contributed by atoms with van der Waals surface area (Å²) < 4.78 is 7.97. The molecule has 0 radical (unpaired) electrons. The van der Waals surface area contributed by atoms with Crippen LogP contribution in [-0.4, -0.2) is 33.6 Å². The quantitative estimate of drug-likeness (QED) is 0.255. The summed E-state index contributed by atoms with van der Waals surface area (Å²) in [5.41, 5.74) is 9.79. The molecule has 1 aromatic rings. The minimum atomic E-state index is -0.550. The summed E-state index contributed by atoms with van der Waals surface area (Å²) in [5, 5.41) is 21.6. The van der Waals surface area contributed by atoms with Crippen LogP contribution >= 0.6 is 0 Å². The van der Waals surface area contributed by atoms with E-state index in [2.05, 4.69) is 37.0 Å². The van der Waals surface area contributed by atoms with Crippen molar-refractivity contribution in [3.05, 3.63) is 41.5 Å². The molecule has 0 unspecified atom stereocenters. The molecule has 4 heteroatoms. The van der Waals surface area contributed by atoms with Crippen molar-refractivity contribution in [2.24, 2.45) is 52.6 Å². The minimum Gasteiger partial charge on any atom is -0.508 e. The highest BCUT2D eigenvalue weighted by atomic mass is 16.5. The van der Waals surface area contributed by atoms with E-state index in [0.29, 0.717) is 40.8 Å². The van der Waals surface area contributed by atoms with Gasteiger partial charge in [-0.05, 0) is 123 Å². The highest BCUT2D eigenvalue weighted by Crippen LogP contribution is 2.71. The average Bonchev–Trinajstić information content (AvgIpc) is 3.69. The van der Waals surface area contributed by atoms with Crippen molar-refractivity contribution >= 4 is 0 Å². The first kappa shape index (κ1) is 27.5. The summed E-state index contributed by atoms with van der Waals surface area (Å²) in [6, 6.07) is 6.07. The molecule has 10 rings (SSSR count). The van der Waals surface area contributed by atoms with Gasteiger partial charge in [-0.25, -0.2) is 0 Å². The van der Waals surface area contributed by atoms with Gasteiger partial charge in [0, 0.05) is 29.9 Å². The molecular weight excluding hydrogens is 530 g/mol. The Labute approximate surface area is 258 Å². The van der Waals surface area contributed by atoms with Crippen molar-refractivity contribution in [2.75, 3.05) is 6.61 Å². The Morgan fingerprint density at radius 2 is 1.72 bits per heavy atom. The van der Waals surface area contributed by atoms with Crippen LogP contribution in [0.1, 0.15) is 120 Å². The molecule has 230 valence electrons. The van der Waals surface area contributed by atoms with E-state index in [9.17, 15) is 10.2 Å². The van der Waals surface area contributed by atoms with E-state index in [1.807, 2.05) is 12.1 Å². The van der Waals surface area contributed by atoms with Crippen molar-refractivity contribution in [2.45, 2.75) is 125 Å². The number of allylic oxidation sites excluding steroid dienone is 2. The average molecular weight is 582 g/mol. The molecule has 0 aromatic heterocycles. The van der Waals surface area contributed by atoms with Gasteiger partial charge in [-0.3, -0.25) is 0 Å². The van der Waals surface area contributed by atoms with Crippen LogP contribution in [-0.2, 0) is 4.74 Å². The lowest BCUT2D eigenvalue weighted by molar-refractivity contribution is -0.359. The molecule has 2 saturated heterocycles. The van der Waals surface area contributed by atoms with Crippen molar-refractivity contribution in [1.82, 2.24) is 0 Å². The number of fused-ring (bicyclic) bond motifs is 9. The number of nitrogens with two attached hydrogens (primary N) is 1. The number of hydrogen-bond acceptors (Lipinski definition) is 4. The molecule has 7 fully saturated rings. The Hall–Kier alpha value is -1.80. The van der Waals surface area contributed by atoms with Crippen molar-refractivity contribution in [3.63, 3.8) is 0 Å². The topological polar surface area (TPSA) is 75.7 Å². The van der Waals surface area contributed by atoms with Gasteiger partial charge in [-0.1, -0.05) is 55.7 Å². The fourth-order valence-corrected chi connectivity index (χ4v) is 13.6. The van der Waals surface area contributed by atoms with E-state index in [0.717, 1.165) is 19.3 Å². The summed E-state index contributed by atoms with van der Waals surface area (Å²) in [4.78, 5) is 0. The van der Waals surface area contributed by atoms with E-state index < -0.39 is 5.54 Å². The van der Waals surface area contributed by atoms with Gasteiger partial charge in [0.1, 0.15) is 5.75 Å². The standard InChI is InChI=1S/C39H51NO3/c1-36(27-6-2-3-7-27)35-25-8-11-28(23-41)39(35,40)34-15-10-24-9-13-31(32-14-12-30(42)19-33(24)32)26-18-29(38(34,21-25)43-36)22-37(20-26)16-4-5-17-37/h9,12-14,19,24-29,31,34-35,41-42H,2-8,11,16-18,20-23,40H2,1H3/t24-,25-,26+,28-,29+,31-,34+,35-,36+,38+,39-/m0/s1. The molecule has 4 nitrogen and oxygen atoms in total. The van der Waals surface area contributed by atoms with Gasteiger partial charge in [-0.15, -0.1) is 0 Å². The van der Waals surface area contributed by atoms with Gasteiger partial charge < -0.3 is 20.7 Å². The molecule has 7 aliphatic carbocycles. The zero-order valence-corrected chi connectivity index (χ0v) is 26.1. The molecule has 2 aliphatic heterocycles. The lowest BCUT2D eigenvalue weighted by Crippen LogP contribution is -2.84. The molecule has 5 saturated carbocycles. The molecule has 2 heterocycles. The van der Waals surface area contributed by atoms with E-state index in [4.69, 9.17) is 10.5 Å².